The Labute approximate surface area is 134 Å². The fraction of sp³-hybridized carbons (Fsp3) is 0.643. The number of nitrogens with one attached hydrogen (secondary N) is 1. The van der Waals surface area contributed by atoms with Gasteiger partial charge in [0.2, 0.25) is 5.91 Å². The number of ether oxygens (including phenoxy) is 1. The van der Waals surface area contributed by atoms with Gasteiger partial charge in [-0.05, 0) is 20.8 Å². The fourth-order valence-corrected chi connectivity index (χ4v) is 3.36. The van der Waals surface area contributed by atoms with Crippen molar-refractivity contribution >= 4 is 23.7 Å². The highest BCUT2D eigenvalue weighted by Crippen LogP contribution is 2.26. The Hall–Kier alpha value is -1.54. The first-order valence-corrected chi connectivity index (χ1v) is 8.12. The van der Waals surface area contributed by atoms with Crippen molar-refractivity contribution in [1.29, 1.82) is 0 Å². The number of imide groups is 1. The van der Waals surface area contributed by atoms with E-state index in [1.54, 1.807) is 14.0 Å². The number of aromatic nitrogens is 2. The van der Waals surface area contributed by atoms with Crippen LogP contribution in [0, 0.1) is 13.8 Å². The van der Waals surface area contributed by atoms with Crippen LogP contribution in [0.25, 0.3) is 0 Å². The molecule has 3 amide bonds. The average Bonchev–Trinajstić information content (AvgIpc) is 3.01. The summed E-state index contributed by atoms with van der Waals surface area (Å²) in [4.78, 5) is 29.7. The van der Waals surface area contributed by atoms with E-state index in [9.17, 15) is 9.59 Å². The van der Waals surface area contributed by atoms with E-state index in [4.69, 9.17) is 4.74 Å². The van der Waals surface area contributed by atoms with Crippen molar-refractivity contribution in [3.8, 4) is 0 Å². The Morgan fingerprint density at radius 2 is 2.23 bits per heavy atom. The molecule has 0 spiro atoms. The molecular formula is C14H22N4O3S. The van der Waals surface area contributed by atoms with E-state index in [-0.39, 0.29) is 17.2 Å². The van der Waals surface area contributed by atoms with Gasteiger partial charge in [-0.2, -0.15) is 0 Å². The first-order valence-electron chi connectivity index (χ1n) is 7.24. The quantitative estimate of drug-likeness (QED) is 0.795. The molecule has 2 heterocycles. The zero-order valence-corrected chi connectivity index (χ0v) is 14.2. The Morgan fingerprint density at radius 1 is 1.50 bits per heavy atom. The van der Waals surface area contributed by atoms with Gasteiger partial charge in [0.25, 0.3) is 0 Å². The molecule has 0 aliphatic carbocycles. The number of carbonyl (C=O) groups is 2. The maximum absolute atomic E-state index is 12.4. The molecule has 2 rings (SSSR count). The molecule has 1 aromatic heterocycles. The van der Waals surface area contributed by atoms with Gasteiger partial charge in [0.1, 0.15) is 0 Å². The summed E-state index contributed by atoms with van der Waals surface area (Å²) in [7, 11) is 1.66. The van der Waals surface area contributed by atoms with E-state index in [0.29, 0.717) is 26.2 Å². The number of nitrogens with zero attached hydrogens (tertiary/aromatic N) is 3. The zero-order valence-electron chi connectivity index (χ0n) is 13.4. The van der Waals surface area contributed by atoms with Crippen molar-refractivity contribution in [2.75, 3.05) is 26.8 Å². The molecule has 22 heavy (non-hydrogen) atoms. The lowest BCUT2D eigenvalue weighted by Crippen LogP contribution is -2.39. The molecule has 1 unspecified atom stereocenters. The highest BCUT2D eigenvalue weighted by Gasteiger charge is 2.31. The molecule has 1 fully saturated rings. The molecule has 0 saturated carbocycles. The van der Waals surface area contributed by atoms with Crippen molar-refractivity contribution in [2.24, 2.45) is 0 Å². The van der Waals surface area contributed by atoms with Gasteiger partial charge in [0.05, 0.1) is 17.6 Å². The van der Waals surface area contributed by atoms with Crippen molar-refractivity contribution in [3.05, 3.63) is 11.4 Å². The lowest BCUT2D eigenvalue weighted by atomic mass is 10.4. The number of rotatable bonds is 6. The van der Waals surface area contributed by atoms with Gasteiger partial charge in [-0.1, -0.05) is 11.8 Å². The monoisotopic (exact) mass is 326 g/mol. The lowest BCUT2D eigenvalue weighted by Gasteiger charge is -2.17. The smallest absolute Gasteiger partial charge is 0.324 e. The molecule has 1 N–H and O–H groups in total. The van der Waals surface area contributed by atoms with E-state index >= 15 is 0 Å². The number of imidazole rings is 1. The van der Waals surface area contributed by atoms with Crippen LogP contribution in [-0.4, -0.2) is 58.4 Å². The van der Waals surface area contributed by atoms with Gasteiger partial charge in [-0.25, -0.2) is 9.78 Å². The van der Waals surface area contributed by atoms with Crippen LogP contribution in [0.5, 0.6) is 0 Å². The lowest BCUT2D eigenvalue weighted by molar-refractivity contribution is -0.126. The Balaban J connectivity index is 2.10. The van der Waals surface area contributed by atoms with Gasteiger partial charge in [-0.3, -0.25) is 9.69 Å². The number of methoxy groups -OCH3 is 1. The second-order valence-corrected chi connectivity index (χ2v) is 6.50. The fourth-order valence-electron chi connectivity index (χ4n) is 2.27. The number of aryl methyl sites for hydroxylation is 1. The molecule has 122 valence electrons. The van der Waals surface area contributed by atoms with Crippen molar-refractivity contribution in [1.82, 2.24) is 19.8 Å². The molecule has 7 nitrogen and oxygen atoms in total. The predicted octanol–water partition coefficient (Wildman–Crippen LogP) is 1.18. The second kappa shape index (κ2) is 7.15. The van der Waals surface area contributed by atoms with Crippen LogP contribution in [-0.2, 0) is 16.1 Å². The molecule has 1 aromatic rings. The number of carbonyl (C=O) groups excluding carboxylic acids is 2. The number of thioether (sulfide) groups is 1. The third kappa shape index (κ3) is 3.44. The van der Waals surface area contributed by atoms with Crippen LogP contribution in [0.4, 0.5) is 4.79 Å². The standard InChI is InChI=1S/C14H22N4O3S/c1-9-10(2)17(7-8-21-4)14(16-9)22-11(3)12(19)18-6-5-15-13(18)20/h11H,5-8H2,1-4H3,(H,15,20). The van der Waals surface area contributed by atoms with Gasteiger partial charge >= 0.3 is 6.03 Å². The molecule has 8 heteroatoms. The van der Waals surface area contributed by atoms with Gasteiger partial charge in [0.15, 0.2) is 5.16 Å². The van der Waals surface area contributed by atoms with E-state index in [1.807, 2.05) is 13.8 Å². The molecule has 0 aromatic carbocycles. The number of urea groups is 1. The van der Waals surface area contributed by atoms with Crippen LogP contribution < -0.4 is 5.32 Å². The Morgan fingerprint density at radius 3 is 2.82 bits per heavy atom. The summed E-state index contributed by atoms with van der Waals surface area (Å²) in [5, 5.41) is 3.06. The van der Waals surface area contributed by atoms with E-state index in [1.165, 1.54) is 16.7 Å². The Kier molecular flexibility index (Phi) is 5.47. The maximum Gasteiger partial charge on any atom is 0.324 e. The third-order valence-corrected chi connectivity index (χ3v) is 4.77. The molecule has 0 bridgehead atoms. The summed E-state index contributed by atoms with van der Waals surface area (Å²) in [6.07, 6.45) is 0. The SMILES string of the molecule is COCCn1c(SC(C)C(=O)N2CCNC2=O)nc(C)c1C. The molecule has 1 aliphatic heterocycles. The average molecular weight is 326 g/mol. The van der Waals surface area contributed by atoms with E-state index in [0.717, 1.165) is 16.5 Å². The molecule has 1 aliphatic rings. The minimum Gasteiger partial charge on any atom is -0.383 e. The second-order valence-electron chi connectivity index (χ2n) is 5.19. The molecular weight excluding hydrogens is 304 g/mol. The van der Waals surface area contributed by atoms with Crippen molar-refractivity contribution in [2.45, 2.75) is 37.7 Å². The summed E-state index contributed by atoms with van der Waals surface area (Å²) in [6, 6.07) is -0.312. The number of amides is 3. The first-order chi connectivity index (χ1) is 10.5. The zero-order chi connectivity index (χ0) is 16.3. The largest absolute Gasteiger partial charge is 0.383 e. The van der Waals surface area contributed by atoms with Gasteiger partial charge < -0.3 is 14.6 Å². The maximum atomic E-state index is 12.4. The molecule has 1 saturated heterocycles. The Bertz CT molecular complexity index is 573. The van der Waals surface area contributed by atoms with Crippen LogP contribution >= 0.6 is 11.8 Å². The van der Waals surface area contributed by atoms with E-state index in [2.05, 4.69) is 14.9 Å². The van der Waals surface area contributed by atoms with Crippen molar-refractivity contribution in [3.63, 3.8) is 0 Å². The minimum absolute atomic E-state index is 0.184. The van der Waals surface area contributed by atoms with Crippen LogP contribution in [0.2, 0.25) is 0 Å². The summed E-state index contributed by atoms with van der Waals surface area (Å²) in [5.41, 5.74) is 2.01. The summed E-state index contributed by atoms with van der Waals surface area (Å²) in [5.74, 6) is -0.184. The van der Waals surface area contributed by atoms with Crippen LogP contribution in [0.3, 0.4) is 0 Å². The summed E-state index contributed by atoms with van der Waals surface area (Å²) >= 11 is 1.38. The molecule has 0 radical (unpaired) electrons. The van der Waals surface area contributed by atoms with Crippen LogP contribution in [0.1, 0.15) is 18.3 Å². The van der Waals surface area contributed by atoms with Gasteiger partial charge in [-0.15, -0.1) is 0 Å². The first kappa shape index (κ1) is 16.8. The number of hydrogen-bond donors (Lipinski definition) is 1. The number of hydrogen-bond acceptors (Lipinski definition) is 5. The topological polar surface area (TPSA) is 76.5 Å². The normalized spacial score (nSPS) is 16.0. The highest BCUT2D eigenvalue weighted by atomic mass is 32.2. The minimum atomic E-state index is -0.369. The van der Waals surface area contributed by atoms with Gasteiger partial charge in [0, 0.05) is 32.4 Å². The molecule has 1 atom stereocenters. The van der Waals surface area contributed by atoms with E-state index < -0.39 is 0 Å². The summed E-state index contributed by atoms with van der Waals surface area (Å²) < 4.78 is 7.18. The van der Waals surface area contributed by atoms with Crippen molar-refractivity contribution < 1.29 is 14.3 Å². The predicted molar refractivity (Wildman–Crippen MR) is 84.0 cm³/mol. The third-order valence-electron chi connectivity index (χ3n) is 3.69. The summed E-state index contributed by atoms with van der Waals surface area (Å²) in [6.45, 7) is 7.98. The van der Waals surface area contributed by atoms with Crippen LogP contribution in [0.15, 0.2) is 5.16 Å². The highest BCUT2D eigenvalue weighted by molar-refractivity contribution is 8.00.